The summed E-state index contributed by atoms with van der Waals surface area (Å²) in [5, 5.41) is 27.3. The molecule has 0 radical (unpaired) electrons. The van der Waals surface area contributed by atoms with Gasteiger partial charge in [0.25, 0.3) is 5.91 Å². The van der Waals surface area contributed by atoms with Crippen LogP contribution in [0.1, 0.15) is 34.8 Å². The molecule has 1 aliphatic rings. The molecular weight excluding hydrogens is 451 g/mol. The van der Waals surface area contributed by atoms with E-state index in [1.54, 1.807) is 0 Å². The van der Waals surface area contributed by atoms with Crippen LogP contribution in [0.3, 0.4) is 0 Å². The number of aryl methyl sites for hydroxylation is 1. The number of likely N-dealkylation sites (tertiary alicyclic amines) is 1. The van der Waals surface area contributed by atoms with Gasteiger partial charge in [-0.15, -0.1) is 0 Å². The maximum absolute atomic E-state index is 13.3. The molecule has 2 aromatic carbocycles. The molecule has 0 bridgehead atoms. The van der Waals surface area contributed by atoms with Crippen LogP contribution in [-0.2, 0) is 6.42 Å². The number of carbonyl (C=O) groups excluding carboxylic acids is 1. The highest BCUT2D eigenvalue weighted by Gasteiger charge is 2.42. The average Bonchev–Trinajstić information content (AvgIpc) is 3.28. The number of nitriles is 1. The van der Waals surface area contributed by atoms with Crippen LogP contribution >= 0.6 is 0 Å². The van der Waals surface area contributed by atoms with Crippen LogP contribution in [0.25, 0.3) is 0 Å². The highest BCUT2D eigenvalue weighted by Crippen LogP contribution is 2.36. The number of hydrogen-bond donors (Lipinski definition) is 3. The molecule has 2 amide bonds. The van der Waals surface area contributed by atoms with E-state index in [1.165, 1.54) is 40.0 Å². The summed E-state index contributed by atoms with van der Waals surface area (Å²) in [4.78, 5) is 25.4. The number of anilines is 2. The molecule has 1 unspecified atom stereocenters. The Kier molecular flexibility index (Phi) is 6.96. The minimum atomic E-state index is -1.07. The number of nitrogens with one attached hydrogen (secondary N) is 1. The number of aromatic nitrogens is 2. The Hall–Kier alpha value is -4.39. The monoisotopic (exact) mass is 476 g/mol. The molecule has 3 aromatic rings. The Labute approximate surface area is 201 Å². The molecular formula is C25H25FN6O3. The molecule has 0 spiro atoms. The summed E-state index contributed by atoms with van der Waals surface area (Å²) in [6.07, 6.45) is 1.84. The van der Waals surface area contributed by atoms with Crippen molar-refractivity contribution in [3.05, 3.63) is 77.7 Å². The second-order valence-electron chi connectivity index (χ2n) is 8.45. The third-order valence-electron chi connectivity index (χ3n) is 6.31. The van der Waals surface area contributed by atoms with E-state index >= 15 is 0 Å². The molecule has 4 rings (SSSR count). The van der Waals surface area contributed by atoms with Gasteiger partial charge < -0.3 is 21.1 Å². The van der Waals surface area contributed by atoms with Crippen LogP contribution in [0.15, 0.2) is 60.8 Å². The van der Waals surface area contributed by atoms with Crippen LogP contribution in [0.2, 0.25) is 0 Å². The van der Waals surface area contributed by atoms with Crippen molar-refractivity contribution in [2.45, 2.75) is 31.3 Å². The summed E-state index contributed by atoms with van der Waals surface area (Å²) in [6.45, 7) is 0.226. The Morgan fingerprint density at radius 2 is 1.91 bits per heavy atom. The number of halogens is 1. The summed E-state index contributed by atoms with van der Waals surface area (Å²) in [5.41, 5.74) is 7.24. The number of nitrogens with two attached hydrogens (primary N) is 1. The molecule has 3 atom stereocenters. The number of amides is 2. The second-order valence-corrected chi connectivity index (χ2v) is 8.45. The summed E-state index contributed by atoms with van der Waals surface area (Å²) < 4.78 is 14.8. The minimum absolute atomic E-state index is 0.118. The van der Waals surface area contributed by atoms with Gasteiger partial charge in [0.15, 0.2) is 5.82 Å². The number of nitrogens with zero attached hydrogens (tertiary/aromatic N) is 4. The van der Waals surface area contributed by atoms with Gasteiger partial charge in [0, 0.05) is 18.4 Å². The van der Waals surface area contributed by atoms with E-state index in [9.17, 15) is 24.3 Å². The molecule has 1 aliphatic heterocycles. The van der Waals surface area contributed by atoms with Crippen molar-refractivity contribution in [3.63, 3.8) is 0 Å². The first-order chi connectivity index (χ1) is 16.9. The average molecular weight is 477 g/mol. The lowest BCUT2D eigenvalue weighted by Crippen LogP contribution is -2.51. The first-order valence-electron chi connectivity index (χ1n) is 11.2. The van der Waals surface area contributed by atoms with Crippen molar-refractivity contribution in [1.29, 1.82) is 5.26 Å². The van der Waals surface area contributed by atoms with Crippen LogP contribution in [0.4, 0.5) is 20.7 Å². The molecule has 4 N–H and O–H groups in total. The van der Waals surface area contributed by atoms with Crippen LogP contribution in [0.5, 0.6) is 0 Å². The topological polar surface area (TPSA) is 137 Å². The Balaban J connectivity index is 1.62. The van der Waals surface area contributed by atoms with E-state index in [0.717, 1.165) is 5.56 Å². The van der Waals surface area contributed by atoms with Gasteiger partial charge in [0.05, 0.1) is 24.1 Å². The SMILES string of the molecule is N#C[C@@H]1C(CCc2ccccc2)N(C(=O)O)CC[C@H]1n1cc(C(N)=O)c(Nc2ccc(F)cc2)n1. The van der Waals surface area contributed by atoms with E-state index < -0.39 is 35.8 Å². The van der Waals surface area contributed by atoms with Gasteiger partial charge in [-0.05, 0) is 49.1 Å². The highest BCUT2D eigenvalue weighted by molar-refractivity contribution is 5.98. The molecule has 9 nitrogen and oxygen atoms in total. The van der Waals surface area contributed by atoms with Gasteiger partial charge in [-0.3, -0.25) is 9.48 Å². The lowest BCUT2D eigenvalue weighted by molar-refractivity contribution is 0.0633. The van der Waals surface area contributed by atoms with Crippen LogP contribution in [-0.4, -0.2) is 44.4 Å². The number of carbonyl (C=O) groups is 2. The Morgan fingerprint density at radius 1 is 1.20 bits per heavy atom. The van der Waals surface area contributed by atoms with E-state index in [2.05, 4.69) is 16.5 Å². The first kappa shape index (κ1) is 23.8. The predicted octanol–water partition coefficient (Wildman–Crippen LogP) is 3.93. The van der Waals surface area contributed by atoms with Gasteiger partial charge in [0.2, 0.25) is 0 Å². The van der Waals surface area contributed by atoms with Crippen molar-refractivity contribution in [2.75, 3.05) is 11.9 Å². The fourth-order valence-corrected chi connectivity index (χ4v) is 4.57. The largest absolute Gasteiger partial charge is 0.465 e. The van der Waals surface area contributed by atoms with Crippen molar-refractivity contribution >= 4 is 23.5 Å². The zero-order valence-electron chi connectivity index (χ0n) is 18.8. The number of piperidine rings is 1. The van der Waals surface area contributed by atoms with Gasteiger partial charge in [-0.25, -0.2) is 9.18 Å². The van der Waals surface area contributed by atoms with Gasteiger partial charge >= 0.3 is 6.09 Å². The molecule has 180 valence electrons. The van der Waals surface area contributed by atoms with Crippen molar-refractivity contribution in [3.8, 4) is 6.07 Å². The van der Waals surface area contributed by atoms with Crippen molar-refractivity contribution in [1.82, 2.24) is 14.7 Å². The normalized spacial score (nSPS) is 19.7. The minimum Gasteiger partial charge on any atom is -0.465 e. The molecule has 10 heteroatoms. The second kappa shape index (κ2) is 10.3. The van der Waals surface area contributed by atoms with Gasteiger partial charge in [-0.1, -0.05) is 30.3 Å². The molecule has 0 aliphatic carbocycles. The number of primary amides is 1. The fourth-order valence-electron chi connectivity index (χ4n) is 4.57. The quantitative estimate of drug-likeness (QED) is 0.472. The standard InChI is InChI=1S/C25H25FN6O3/c26-17-7-9-18(10-8-17)29-24-20(23(28)33)15-32(30-24)22-12-13-31(25(34)35)21(19(22)14-27)11-6-16-4-2-1-3-5-16/h1-5,7-10,15,19,21-22H,6,11-13H2,(H2,28,33)(H,29,30)(H,34,35)/t19-,21?,22-/m1/s1. The molecule has 1 fully saturated rings. The van der Waals surface area contributed by atoms with Crippen molar-refractivity contribution < 1.29 is 19.1 Å². The predicted molar refractivity (Wildman–Crippen MR) is 126 cm³/mol. The number of hydrogen-bond acceptors (Lipinski definition) is 5. The third kappa shape index (κ3) is 5.24. The van der Waals surface area contributed by atoms with Crippen LogP contribution in [0, 0.1) is 23.1 Å². The smallest absolute Gasteiger partial charge is 0.407 e. The maximum Gasteiger partial charge on any atom is 0.407 e. The maximum atomic E-state index is 13.3. The van der Waals surface area contributed by atoms with Gasteiger partial charge in [0.1, 0.15) is 11.4 Å². The first-order valence-corrected chi connectivity index (χ1v) is 11.2. The third-order valence-corrected chi connectivity index (χ3v) is 6.31. The molecule has 1 aromatic heterocycles. The molecule has 0 saturated carbocycles. The molecule has 35 heavy (non-hydrogen) atoms. The number of carboxylic acid groups (broad SMARTS) is 1. The zero-order valence-corrected chi connectivity index (χ0v) is 18.8. The number of rotatable bonds is 7. The summed E-state index contributed by atoms with van der Waals surface area (Å²) in [5.74, 6) is -1.62. The summed E-state index contributed by atoms with van der Waals surface area (Å²) in [6, 6.07) is 16.5. The highest BCUT2D eigenvalue weighted by atomic mass is 19.1. The zero-order chi connectivity index (χ0) is 24.9. The summed E-state index contributed by atoms with van der Waals surface area (Å²) in [7, 11) is 0. The van der Waals surface area contributed by atoms with Crippen molar-refractivity contribution in [2.24, 2.45) is 11.7 Å². The van der Waals surface area contributed by atoms with E-state index in [4.69, 9.17) is 5.73 Å². The molecule has 2 heterocycles. The van der Waals surface area contributed by atoms with Crippen LogP contribution < -0.4 is 11.1 Å². The number of benzene rings is 2. The Bertz CT molecular complexity index is 1240. The lowest BCUT2D eigenvalue weighted by Gasteiger charge is -2.41. The van der Waals surface area contributed by atoms with E-state index in [-0.39, 0.29) is 17.9 Å². The Morgan fingerprint density at radius 3 is 2.54 bits per heavy atom. The fraction of sp³-hybridized carbons (Fsp3) is 0.280. The summed E-state index contributed by atoms with van der Waals surface area (Å²) >= 11 is 0. The lowest BCUT2D eigenvalue weighted by atomic mass is 9.83. The molecule has 1 saturated heterocycles. The van der Waals surface area contributed by atoms with E-state index in [1.807, 2.05) is 30.3 Å². The van der Waals surface area contributed by atoms with E-state index in [0.29, 0.717) is 24.9 Å². The van der Waals surface area contributed by atoms with Gasteiger partial charge in [-0.2, -0.15) is 10.4 Å².